The first-order chi connectivity index (χ1) is 16.7. The second kappa shape index (κ2) is 9.72. The first kappa shape index (κ1) is 24.2. The van der Waals surface area contributed by atoms with E-state index in [1.54, 1.807) is 6.92 Å². The summed E-state index contributed by atoms with van der Waals surface area (Å²) in [7, 11) is 2.82. The summed E-state index contributed by atoms with van der Waals surface area (Å²) in [6, 6.07) is 3.79. The van der Waals surface area contributed by atoms with Crippen LogP contribution in [0.4, 0.5) is 23.4 Å². The fraction of sp³-hybridized carbons (Fsp3) is 0.381. The van der Waals surface area contributed by atoms with Crippen molar-refractivity contribution in [3.8, 4) is 34.8 Å². The Morgan fingerprint density at radius 3 is 2.60 bits per heavy atom. The van der Waals surface area contributed by atoms with Crippen LogP contribution < -0.4 is 23.8 Å². The minimum absolute atomic E-state index is 0.0902. The van der Waals surface area contributed by atoms with E-state index in [0.29, 0.717) is 17.1 Å². The van der Waals surface area contributed by atoms with Gasteiger partial charge in [0.1, 0.15) is 17.4 Å². The van der Waals surface area contributed by atoms with Gasteiger partial charge in [0.15, 0.2) is 6.10 Å². The molecule has 0 amide bonds. The summed E-state index contributed by atoms with van der Waals surface area (Å²) in [6.45, 7) is -2.40. The van der Waals surface area contributed by atoms with E-state index in [0.717, 1.165) is 12.3 Å². The number of anilines is 1. The number of methoxy groups -OCH3 is 2. The van der Waals surface area contributed by atoms with Gasteiger partial charge in [0.25, 0.3) is 0 Å². The van der Waals surface area contributed by atoms with Gasteiger partial charge in [0.05, 0.1) is 38.6 Å². The van der Waals surface area contributed by atoms with Gasteiger partial charge >= 0.3 is 18.5 Å². The maximum absolute atomic E-state index is 14.8. The number of halogens is 4. The molecule has 4 rings (SSSR count). The quantitative estimate of drug-likeness (QED) is 0.432. The van der Waals surface area contributed by atoms with Crippen LogP contribution in [-0.2, 0) is 0 Å². The van der Waals surface area contributed by atoms with Crippen LogP contribution >= 0.6 is 0 Å². The van der Waals surface area contributed by atoms with Crippen LogP contribution in [0.3, 0.4) is 0 Å². The van der Waals surface area contributed by atoms with E-state index < -0.39 is 25.2 Å². The molecule has 14 heteroatoms. The van der Waals surface area contributed by atoms with Crippen molar-refractivity contribution in [3.63, 3.8) is 0 Å². The molecule has 10 nitrogen and oxygen atoms in total. The van der Waals surface area contributed by atoms with Crippen LogP contribution in [0.5, 0.6) is 23.5 Å². The van der Waals surface area contributed by atoms with E-state index in [9.17, 15) is 17.6 Å². The second-order valence-electron chi connectivity index (χ2n) is 7.39. The highest BCUT2D eigenvalue weighted by Gasteiger charge is 2.50. The van der Waals surface area contributed by atoms with E-state index in [1.807, 2.05) is 0 Å². The minimum Gasteiger partial charge on any atom is -0.480 e. The van der Waals surface area contributed by atoms with Crippen LogP contribution in [0.2, 0.25) is 0 Å². The molecule has 1 saturated heterocycles. The molecule has 186 valence electrons. The Balaban J connectivity index is 1.58. The molecule has 1 aliphatic heterocycles. The SMILES string of the molecule is COc1ncc(-c2cc(N3CC(Oc4cc(OC(F)F)ccn4)C(F)(F)C3)nc(C)n2)c(OC)n1. The van der Waals surface area contributed by atoms with Gasteiger partial charge in [0, 0.05) is 24.5 Å². The van der Waals surface area contributed by atoms with Crippen molar-refractivity contribution in [2.45, 2.75) is 25.6 Å². The molecule has 0 radical (unpaired) electrons. The monoisotopic (exact) mass is 496 g/mol. The Morgan fingerprint density at radius 2 is 1.89 bits per heavy atom. The maximum Gasteiger partial charge on any atom is 0.387 e. The van der Waals surface area contributed by atoms with Crippen molar-refractivity contribution in [1.29, 1.82) is 0 Å². The third kappa shape index (κ3) is 5.41. The van der Waals surface area contributed by atoms with E-state index in [1.165, 1.54) is 37.4 Å². The highest BCUT2D eigenvalue weighted by atomic mass is 19.3. The summed E-state index contributed by atoms with van der Waals surface area (Å²) in [5, 5.41) is 0. The lowest BCUT2D eigenvalue weighted by Crippen LogP contribution is -2.36. The van der Waals surface area contributed by atoms with Crippen LogP contribution in [0, 0.1) is 6.92 Å². The van der Waals surface area contributed by atoms with E-state index in [-0.39, 0.29) is 35.9 Å². The molecule has 3 aromatic heterocycles. The molecule has 0 aromatic carbocycles. The summed E-state index contributed by atoms with van der Waals surface area (Å²) >= 11 is 0. The van der Waals surface area contributed by atoms with Crippen molar-refractivity contribution in [2.75, 3.05) is 32.2 Å². The highest BCUT2D eigenvalue weighted by molar-refractivity contribution is 5.67. The van der Waals surface area contributed by atoms with Gasteiger partial charge in [-0.2, -0.15) is 13.8 Å². The second-order valence-corrected chi connectivity index (χ2v) is 7.39. The van der Waals surface area contributed by atoms with E-state index >= 15 is 0 Å². The lowest BCUT2D eigenvalue weighted by molar-refractivity contribution is -0.0623. The molecule has 1 fully saturated rings. The molecule has 0 N–H and O–H groups in total. The first-order valence-electron chi connectivity index (χ1n) is 10.2. The summed E-state index contributed by atoms with van der Waals surface area (Å²) in [6.07, 6.45) is 0.956. The number of alkyl halides is 4. The largest absolute Gasteiger partial charge is 0.480 e. The van der Waals surface area contributed by atoms with Crippen LogP contribution in [0.15, 0.2) is 30.6 Å². The number of ether oxygens (including phenoxy) is 4. The van der Waals surface area contributed by atoms with Crippen molar-refractivity contribution < 1.29 is 36.5 Å². The van der Waals surface area contributed by atoms with Gasteiger partial charge in [-0.15, -0.1) is 0 Å². The zero-order valence-electron chi connectivity index (χ0n) is 18.8. The Bertz CT molecular complexity index is 1200. The molecule has 0 spiro atoms. The van der Waals surface area contributed by atoms with Crippen molar-refractivity contribution in [2.24, 2.45) is 0 Å². The Kier molecular flexibility index (Phi) is 6.71. The normalized spacial score (nSPS) is 16.9. The molecular weight excluding hydrogens is 476 g/mol. The predicted molar refractivity (Wildman–Crippen MR) is 113 cm³/mol. The first-order valence-corrected chi connectivity index (χ1v) is 10.2. The lowest BCUT2D eigenvalue weighted by atomic mass is 10.2. The molecular formula is C21H20F4N6O4. The number of rotatable bonds is 8. The number of hydrogen-bond donors (Lipinski definition) is 0. The Morgan fingerprint density at radius 1 is 1.09 bits per heavy atom. The topological polar surface area (TPSA) is 105 Å². The average Bonchev–Trinajstić information content (AvgIpc) is 3.12. The molecule has 3 aromatic rings. The molecule has 1 unspecified atom stereocenters. The Hall–Kier alpha value is -3.97. The fourth-order valence-corrected chi connectivity index (χ4v) is 3.46. The average molecular weight is 496 g/mol. The number of aryl methyl sites for hydroxylation is 1. The molecule has 1 aliphatic rings. The molecule has 1 atom stereocenters. The number of aromatic nitrogens is 5. The van der Waals surface area contributed by atoms with Crippen molar-refractivity contribution >= 4 is 5.82 Å². The maximum atomic E-state index is 14.8. The molecule has 0 aliphatic carbocycles. The molecule has 0 bridgehead atoms. The zero-order valence-corrected chi connectivity index (χ0v) is 18.8. The van der Waals surface area contributed by atoms with E-state index in [2.05, 4.69) is 29.7 Å². The standard InChI is InChI=1S/C21H20F4N6O4/c1-11-28-14(13-8-27-20(33-3)30-18(13)32-2)7-16(29-11)31-9-15(21(24,25)10-31)35-17-6-12(4-5-26-17)34-19(22)23/h4-8,15,19H,9-10H2,1-3H3. The van der Waals surface area contributed by atoms with Gasteiger partial charge in [-0.3, -0.25) is 0 Å². The molecule has 4 heterocycles. The molecule has 35 heavy (non-hydrogen) atoms. The van der Waals surface area contributed by atoms with Crippen LogP contribution in [-0.4, -0.2) is 70.9 Å². The third-order valence-corrected chi connectivity index (χ3v) is 4.99. The van der Waals surface area contributed by atoms with E-state index in [4.69, 9.17) is 14.2 Å². The smallest absolute Gasteiger partial charge is 0.387 e. The van der Waals surface area contributed by atoms with Crippen molar-refractivity contribution in [3.05, 3.63) is 36.4 Å². The Labute approximate surface area is 196 Å². The van der Waals surface area contributed by atoms with Crippen LogP contribution in [0.1, 0.15) is 5.82 Å². The van der Waals surface area contributed by atoms with Gasteiger partial charge in [0.2, 0.25) is 11.8 Å². The summed E-state index contributed by atoms with van der Waals surface area (Å²) in [4.78, 5) is 22.0. The van der Waals surface area contributed by atoms with Gasteiger partial charge in [-0.25, -0.2) is 28.7 Å². The van der Waals surface area contributed by atoms with Crippen molar-refractivity contribution in [1.82, 2.24) is 24.9 Å². The number of hydrogen-bond acceptors (Lipinski definition) is 10. The van der Waals surface area contributed by atoms with Gasteiger partial charge in [-0.05, 0) is 13.0 Å². The van der Waals surface area contributed by atoms with Gasteiger partial charge < -0.3 is 23.8 Å². The highest BCUT2D eigenvalue weighted by Crippen LogP contribution is 2.35. The third-order valence-electron chi connectivity index (χ3n) is 4.99. The minimum atomic E-state index is -3.29. The summed E-state index contributed by atoms with van der Waals surface area (Å²) < 4.78 is 74.4. The number of nitrogens with zero attached hydrogens (tertiary/aromatic N) is 6. The number of pyridine rings is 1. The van der Waals surface area contributed by atoms with Gasteiger partial charge in [-0.1, -0.05) is 0 Å². The fourth-order valence-electron chi connectivity index (χ4n) is 3.46. The summed E-state index contributed by atoms with van der Waals surface area (Å²) in [5.74, 6) is -3.09. The lowest BCUT2D eigenvalue weighted by Gasteiger charge is -2.18. The van der Waals surface area contributed by atoms with Crippen LogP contribution in [0.25, 0.3) is 11.3 Å². The predicted octanol–water partition coefficient (Wildman–Crippen LogP) is 3.16. The zero-order chi connectivity index (χ0) is 25.2. The molecule has 0 saturated carbocycles. The summed E-state index contributed by atoms with van der Waals surface area (Å²) in [5.41, 5.74) is 0.775.